The van der Waals surface area contributed by atoms with Gasteiger partial charge in [-0.3, -0.25) is 4.79 Å². The second-order valence-electron chi connectivity index (χ2n) is 4.98. The molecule has 0 radical (unpaired) electrons. The summed E-state index contributed by atoms with van der Waals surface area (Å²) in [7, 11) is 0. The molecule has 0 aliphatic heterocycles. The second kappa shape index (κ2) is 6.05. The minimum absolute atomic E-state index is 0.101. The Bertz CT molecular complexity index is 444. The van der Waals surface area contributed by atoms with Crippen molar-refractivity contribution >= 4 is 5.78 Å². The summed E-state index contributed by atoms with van der Waals surface area (Å²) in [6.07, 6.45) is 0.530. The molecule has 100 valence electrons. The maximum absolute atomic E-state index is 13.8. The van der Waals surface area contributed by atoms with Gasteiger partial charge >= 0.3 is 0 Å². The molecule has 0 saturated carbocycles. The van der Waals surface area contributed by atoms with Gasteiger partial charge in [0.2, 0.25) is 0 Å². The molecule has 1 aromatic carbocycles. The van der Waals surface area contributed by atoms with Crippen molar-refractivity contribution in [3.8, 4) is 0 Å². The van der Waals surface area contributed by atoms with Crippen molar-refractivity contribution in [2.75, 3.05) is 6.54 Å². The van der Waals surface area contributed by atoms with E-state index in [9.17, 15) is 13.6 Å². The predicted molar refractivity (Wildman–Crippen MR) is 67.4 cm³/mol. The van der Waals surface area contributed by atoms with Crippen LogP contribution in [0, 0.1) is 30.4 Å². The number of nitrogens with two attached hydrogens (primary N) is 1. The Labute approximate surface area is 106 Å². The average Bonchev–Trinajstić information content (AvgIpc) is 2.31. The van der Waals surface area contributed by atoms with Crippen LogP contribution in [0.3, 0.4) is 0 Å². The van der Waals surface area contributed by atoms with Crippen molar-refractivity contribution in [1.29, 1.82) is 0 Å². The monoisotopic (exact) mass is 255 g/mol. The van der Waals surface area contributed by atoms with Crippen molar-refractivity contribution in [2.45, 2.75) is 27.2 Å². The smallest absolute Gasteiger partial charge is 0.173 e. The quantitative estimate of drug-likeness (QED) is 0.822. The summed E-state index contributed by atoms with van der Waals surface area (Å²) in [6, 6.07) is 2.44. The molecule has 0 heterocycles. The van der Waals surface area contributed by atoms with E-state index in [0.717, 1.165) is 6.07 Å². The van der Waals surface area contributed by atoms with Crippen molar-refractivity contribution in [2.24, 2.45) is 17.6 Å². The number of benzene rings is 1. The van der Waals surface area contributed by atoms with Crippen LogP contribution >= 0.6 is 0 Å². The van der Waals surface area contributed by atoms with Gasteiger partial charge in [0, 0.05) is 12.5 Å². The summed E-state index contributed by atoms with van der Waals surface area (Å²) < 4.78 is 27.5. The van der Waals surface area contributed by atoms with E-state index in [4.69, 9.17) is 5.73 Å². The van der Waals surface area contributed by atoms with Crippen molar-refractivity contribution in [3.63, 3.8) is 0 Å². The van der Waals surface area contributed by atoms with Crippen molar-refractivity contribution in [3.05, 3.63) is 34.9 Å². The van der Waals surface area contributed by atoms with E-state index in [1.807, 2.05) is 13.8 Å². The van der Waals surface area contributed by atoms with Crippen molar-refractivity contribution < 1.29 is 13.6 Å². The first-order valence-electron chi connectivity index (χ1n) is 6.07. The Morgan fingerprint density at radius 2 is 1.94 bits per heavy atom. The zero-order chi connectivity index (χ0) is 13.9. The minimum Gasteiger partial charge on any atom is -0.330 e. The molecule has 0 aliphatic carbocycles. The lowest BCUT2D eigenvalue weighted by Crippen LogP contribution is -2.27. The molecule has 0 aliphatic rings. The van der Waals surface area contributed by atoms with Gasteiger partial charge in [0.05, 0.1) is 5.56 Å². The Morgan fingerprint density at radius 3 is 2.44 bits per heavy atom. The van der Waals surface area contributed by atoms with E-state index in [1.165, 1.54) is 13.0 Å². The fourth-order valence-corrected chi connectivity index (χ4v) is 1.97. The molecule has 0 aromatic heterocycles. The molecule has 18 heavy (non-hydrogen) atoms. The number of carbonyl (C=O) groups is 1. The third-order valence-corrected chi connectivity index (χ3v) is 2.94. The SMILES string of the molecule is Cc1ccc(F)c(C(=O)C(CN)CC(C)C)c1F. The number of ketones is 1. The Kier molecular flexibility index (Phi) is 4.96. The molecule has 1 atom stereocenters. The summed E-state index contributed by atoms with van der Waals surface area (Å²) in [5.41, 5.74) is 5.34. The molecule has 1 aromatic rings. The number of hydrogen-bond donors (Lipinski definition) is 1. The van der Waals surface area contributed by atoms with Crippen LogP contribution in [0.5, 0.6) is 0 Å². The topological polar surface area (TPSA) is 43.1 Å². The molecular weight excluding hydrogens is 236 g/mol. The first kappa shape index (κ1) is 14.8. The standard InChI is InChI=1S/C14H19F2NO/c1-8(2)6-10(7-17)14(18)12-11(15)5-4-9(3)13(12)16/h4-5,8,10H,6-7,17H2,1-3H3. The van der Waals surface area contributed by atoms with Crippen LogP contribution in [-0.2, 0) is 0 Å². The van der Waals surface area contributed by atoms with Crippen LogP contribution in [0.15, 0.2) is 12.1 Å². The van der Waals surface area contributed by atoms with E-state index in [1.54, 1.807) is 0 Å². The number of hydrogen-bond acceptors (Lipinski definition) is 2. The molecule has 0 saturated heterocycles. The zero-order valence-electron chi connectivity index (χ0n) is 11.0. The molecule has 0 bridgehead atoms. The lowest BCUT2D eigenvalue weighted by molar-refractivity contribution is 0.0900. The van der Waals surface area contributed by atoms with E-state index >= 15 is 0 Å². The van der Waals surface area contributed by atoms with Crippen LogP contribution in [0.1, 0.15) is 36.2 Å². The summed E-state index contributed by atoms with van der Waals surface area (Å²) >= 11 is 0. The predicted octanol–water partition coefficient (Wildman–Crippen LogP) is 3.08. The number of carbonyl (C=O) groups excluding carboxylic acids is 1. The Hall–Kier alpha value is -1.29. The molecule has 1 unspecified atom stereocenters. The third-order valence-electron chi connectivity index (χ3n) is 2.94. The Balaban J connectivity index is 3.13. The highest BCUT2D eigenvalue weighted by Gasteiger charge is 2.26. The number of Topliss-reactive ketones (excluding diaryl/α,β-unsaturated/α-hetero) is 1. The average molecular weight is 255 g/mol. The lowest BCUT2D eigenvalue weighted by atomic mass is 9.89. The summed E-state index contributed by atoms with van der Waals surface area (Å²) in [6.45, 7) is 5.49. The zero-order valence-corrected chi connectivity index (χ0v) is 11.0. The molecule has 1 rings (SSSR count). The lowest BCUT2D eigenvalue weighted by Gasteiger charge is -2.17. The highest BCUT2D eigenvalue weighted by molar-refractivity contribution is 5.98. The minimum atomic E-state index is -0.815. The van der Waals surface area contributed by atoms with Crippen LogP contribution in [0.25, 0.3) is 0 Å². The molecular formula is C14H19F2NO. The van der Waals surface area contributed by atoms with Gasteiger partial charge in [-0.2, -0.15) is 0 Å². The van der Waals surface area contributed by atoms with E-state index in [0.29, 0.717) is 6.42 Å². The molecule has 0 fully saturated rings. The first-order valence-corrected chi connectivity index (χ1v) is 6.07. The van der Waals surface area contributed by atoms with Crippen LogP contribution < -0.4 is 5.73 Å². The normalized spacial score (nSPS) is 12.8. The van der Waals surface area contributed by atoms with Crippen LogP contribution in [-0.4, -0.2) is 12.3 Å². The summed E-state index contributed by atoms with van der Waals surface area (Å²) in [5.74, 6) is -2.41. The van der Waals surface area contributed by atoms with Gasteiger partial charge < -0.3 is 5.73 Å². The largest absolute Gasteiger partial charge is 0.330 e. The maximum Gasteiger partial charge on any atom is 0.173 e. The van der Waals surface area contributed by atoms with Gasteiger partial charge in [0.1, 0.15) is 11.6 Å². The third kappa shape index (κ3) is 3.13. The van der Waals surface area contributed by atoms with Gasteiger partial charge in [0.15, 0.2) is 5.78 Å². The van der Waals surface area contributed by atoms with Gasteiger partial charge in [-0.1, -0.05) is 19.9 Å². The maximum atomic E-state index is 13.8. The van der Waals surface area contributed by atoms with Gasteiger partial charge in [-0.15, -0.1) is 0 Å². The summed E-state index contributed by atoms with van der Waals surface area (Å²) in [5, 5.41) is 0. The highest BCUT2D eigenvalue weighted by atomic mass is 19.1. The van der Waals surface area contributed by atoms with Gasteiger partial charge in [0.25, 0.3) is 0 Å². The van der Waals surface area contributed by atoms with Crippen molar-refractivity contribution in [1.82, 2.24) is 0 Å². The second-order valence-corrected chi connectivity index (χ2v) is 4.98. The van der Waals surface area contributed by atoms with E-state index < -0.39 is 28.9 Å². The number of rotatable bonds is 5. The number of aryl methyl sites for hydroxylation is 1. The fraction of sp³-hybridized carbons (Fsp3) is 0.500. The molecule has 4 heteroatoms. The highest BCUT2D eigenvalue weighted by Crippen LogP contribution is 2.22. The molecule has 0 spiro atoms. The molecule has 2 N–H and O–H groups in total. The number of halogens is 2. The molecule has 0 amide bonds. The van der Waals surface area contributed by atoms with E-state index in [-0.39, 0.29) is 18.0 Å². The first-order chi connectivity index (χ1) is 8.38. The van der Waals surface area contributed by atoms with Gasteiger partial charge in [-0.05, 0) is 30.9 Å². The van der Waals surface area contributed by atoms with Crippen LogP contribution in [0.2, 0.25) is 0 Å². The van der Waals surface area contributed by atoms with Crippen LogP contribution in [0.4, 0.5) is 8.78 Å². The van der Waals surface area contributed by atoms with Gasteiger partial charge in [-0.25, -0.2) is 8.78 Å². The summed E-state index contributed by atoms with van der Waals surface area (Å²) in [4.78, 5) is 12.1. The molecule has 2 nitrogen and oxygen atoms in total. The Morgan fingerprint density at radius 1 is 1.33 bits per heavy atom. The fourth-order valence-electron chi connectivity index (χ4n) is 1.97. The van der Waals surface area contributed by atoms with E-state index in [2.05, 4.69) is 0 Å².